The first-order valence-electron chi connectivity index (χ1n) is 6.77. The Labute approximate surface area is 117 Å². The smallest absolute Gasteiger partial charge is 0.255 e. The lowest BCUT2D eigenvalue weighted by molar-refractivity contribution is -0.120. The minimum Gasteiger partial charge on any atom is -0.489 e. The van der Waals surface area contributed by atoms with E-state index in [1.807, 2.05) is 13.0 Å². The van der Waals surface area contributed by atoms with Crippen LogP contribution in [-0.2, 0) is 4.79 Å². The Morgan fingerprint density at radius 2 is 2.20 bits per heavy atom. The van der Waals surface area contributed by atoms with Crippen molar-refractivity contribution in [2.45, 2.75) is 13.3 Å². The number of nitrogens with one attached hydrogen (secondary N) is 3. The van der Waals surface area contributed by atoms with Gasteiger partial charge in [0.2, 0.25) is 5.91 Å². The summed E-state index contributed by atoms with van der Waals surface area (Å²) < 4.78 is 5.52. The molecule has 1 heterocycles. The molecule has 0 unspecified atom stereocenters. The summed E-state index contributed by atoms with van der Waals surface area (Å²) in [5, 5.41) is 8.47. The number of anilines is 1. The summed E-state index contributed by atoms with van der Waals surface area (Å²) in [5.74, 6) is 0.0476. The molecule has 0 saturated heterocycles. The Kier molecular flexibility index (Phi) is 4.81. The van der Waals surface area contributed by atoms with Crippen LogP contribution in [0.5, 0.6) is 5.75 Å². The number of fused-ring (bicyclic) bond motifs is 1. The summed E-state index contributed by atoms with van der Waals surface area (Å²) in [6.07, 6.45) is 0.866. The van der Waals surface area contributed by atoms with E-state index in [-0.39, 0.29) is 18.4 Å². The van der Waals surface area contributed by atoms with Crippen LogP contribution < -0.4 is 20.7 Å². The van der Waals surface area contributed by atoms with E-state index in [1.54, 1.807) is 12.1 Å². The highest BCUT2D eigenvalue weighted by Gasteiger charge is 2.19. The molecule has 0 atom stereocenters. The summed E-state index contributed by atoms with van der Waals surface area (Å²) >= 11 is 0. The zero-order valence-electron chi connectivity index (χ0n) is 11.5. The lowest BCUT2D eigenvalue weighted by Gasteiger charge is -2.21. The second-order valence-electron chi connectivity index (χ2n) is 4.49. The summed E-state index contributed by atoms with van der Waals surface area (Å²) in [5.41, 5.74) is 1.25. The van der Waals surface area contributed by atoms with E-state index in [0.29, 0.717) is 24.5 Å². The molecule has 1 aromatic carbocycles. The fourth-order valence-electron chi connectivity index (χ4n) is 1.93. The van der Waals surface area contributed by atoms with Gasteiger partial charge in [-0.05, 0) is 18.6 Å². The molecule has 0 aromatic heterocycles. The normalized spacial score (nSPS) is 12.7. The Morgan fingerprint density at radius 3 is 3.00 bits per heavy atom. The Hall–Kier alpha value is -2.24. The summed E-state index contributed by atoms with van der Waals surface area (Å²) in [6, 6.07) is 5.33. The SMILES string of the molecule is CCCNC(=O)CNC(=O)c1cccc2c1OCCN2. The summed E-state index contributed by atoms with van der Waals surface area (Å²) in [6.45, 7) is 3.80. The Morgan fingerprint density at radius 1 is 1.35 bits per heavy atom. The molecule has 1 aliphatic heterocycles. The van der Waals surface area contributed by atoms with Crippen LogP contribution in [0, 0.1) is 0 Å². The van der Waals surface area contributed by atoms with Crippen molar-refractivity contribution in [2.75, 3.05) is 31.6 Å². The first-order chi connectivity index (χ1) is 9.72. The topological polar surface area (TPSA) is 79.5 Å². The van der Waals surface area contributed by atoms with Gasteiger partial charge in [-0.2, -0.15) is 0 Å². The van der Waals surface area contributed by atoms with Crippen molar-refractivity contribution in [2.24, 2.45) is 0 Å². The molecule has 0 saturated carbocycles. The number of rotatable bonds is 5. The summed E-state index contributed by atoms with van der Waals surface area (Å²) in [7, 11) is 0. The number of carbonyl (C=O) groups is 2. The number of ether oxygens (including phenoxy) is 1. The third-order valence-electron chi connectivity index (χ3n) is 2.91. The molecule has 0 bridgehead atoms. The van der Waals surface area contributed by atoms with Gasteiger partial charge in [0.15, 0.2) is 5.75 Å². The van der Waals surface area contributed by atoms with Gasteiger partial charge in [0.25, 0.3) is 5.91 Å². The lowest BCUT2D eigenvalue weighted by atomic mass is 10.1. The molecule has 1 aromatic rings. The number of hydrogen-bond acceptors (Lipinski definition) is 4. The van der Waals surface area contributed by atoms with Crippen LogP contribution in [-0.4, -0.2) is 38.1 Å². The molecule has 3 N–H and O–H groups in total. The highest BCUT2D eigenvalue weighted by molar-refractivity contribution is 6.00. The Balaban J connectivity index is 1.97. The molecule has 20 heavy (non-hydrogen) atoms. The highest BCUT2D eigenvalue weighted by atomic mass is 16.5. The number of carbonyl (C=O) groups excluding carboxylic acids is 2. The number of benzene rings is 1. The van der Waals surface area contributed by atoms with Crippen molar-refractivity contribution in [1.29, 1.82) is 0 Å². The van der Waals surface area contributed by atoms with Gasteiger partial charge in [-0.15, -0.1) is 0 Å². The molecular formula is C14H19N3O3. The Bertz CT molecular complexity index is 502. The van der Waals surface area contributed by atoms with Gasteiger partial charge in [-0.1, -0.05) is 13.0 Å². The molecule has 1 aliphatic rings. The maximum atomic E-state index is 12.1. The van der Waals surface area contributed by atoms with Crippen LogP contribution in [0.1, 0.15) is 23.7 Å². The quantitative estimate of drug-likeness (QED) is 0.742. The van der Waals surface area contributed by atoms with E-state index in [2.05, 4.69) is 16.0 Å². The van der Waals surface area contributed by atoms with Gasteiger partial charge in [-0.25, -0.2) is 0 Å². The molecule has 6 nitrogen and oxygen atoms in total. The van der Waals surface area contributed by atoms with E-state index in [9.17, 15) is 9.59 Å². The van der Waals surface area contributed by atoms with Crippen molar-refractivity contribution in [3.05, 3.63) is 23.8 Å². The van der Waals surface area contributed by atoms with Crippen LogP contribution in [0.3, 0.4) is 0 Å². The van der Waals surface area contributed by atoms with Crippen molar-refractivity contribution in [1.82, 2.24) is 10.6 Å². The van der Waals surface area contributed by atoms with E-state index >= 15 is 0 Å². The van der Waals surface area contributed by atoms with E-state index in [0.717, 1.165) is 18.7 Å². The molecule has 0 radical (unpaired) electrons. The van der Waals surface area contributed by atoms with Crippen molar-refractivity contribution >= 4 is 17.5 Å². The van der Waals surface area contributed by atoms with Gasteiger partial charge in [0, 0.05) is 13.1 Å². The number of para-hydroxylation sites is 1. The molecule has 2 rings (SSSR count). The van der Waals surface area contributed by atoms with Gasteiger partial charge in [-0.3, -0.25) is 9.59 Å². The van der Waals surface area contributed by atoms with Crippen LogP contribution in [0.2, 0.25) is 0 Å². The molecule has 6 heteroatoms. The minimum atomic E-state index is -0.308. The van der Waals surface area contributed by atoms with Crippen LogP contribution >= 0.6 is 0 Å². The molecule has 0 fully saturated rings. The predicted molar refractivity (Wildman–Crippen MR) is 76.1 cm³/mol. The summed E-state index contributed by atoms with van der Waals surface area (Å²) in [4.78, 5) is 23.6. The molecule has 2 amide bonds. The minimum absolute atomic E-state index is 0.0318. The van der Waals surface area contributed by atoms with Crippen LogP contribution in [0.4, 0.5) is 5.69 Å². The van der Waals surface area contributed by atoms with Gasteiger partial charge >= 0.3 is 0 Å². The van der Waals surface area contributed by atoms with E-state index in [1.165, 1.54) is 0 Å². The van der Waals surface area contributed by atoms with Gasteiger partial charge in [0.1, 0.15) is 6.61 Å². The van der Waals surface area contributed by atoms with Crippen LogP contribution in [0.15, 0.2) is 18.2 Å². The monoisotopic (exact) mass is 277 g/mol. The number of amides is 2. The van der Waals surface area contributed by atoms with Gasteiger partial charge < -0.3 is 20.7 Å². The first kappa shape index (κ1) is 14.2. The van der Waals surface area contributed by atoms with Crippen molar-refractivity contribution in [3.63, 3.8) is 0 Å². The molecule has 0 spiro atoms. The highest BCUT2D eigenvalue weighted by Crippen LogP contribution is 2.30. The average Bonchev–Trinajstić information content (AvgIpc) is 2.50. The predicted octanol–water partition coefficient (Wildman–Crippen LogP) is 0.747. The van der Waals surface area contributed by atoms with Gasteiger partial charge in [0.05, 0.1) is 17.8 Å². The standard InChI is InChI=1S/C14H19N3O3/c1-2-6-16-12(18)9-17-14(19)10-4-3-5-11-13(10)20-8-7-15-11/h3-5,15H,2,6-9H2,1H3,(H,16,18)(H,17,19). The zero-order chi connectivity index (χ0) is 14.4. The van der Waals surface area contributed by atoms with E-state index < -0.39 is 0 Å². The largest absolute Gasteiger partial charge is 0.489 e. The molecular weight excluding hydrogens is 258 g/mol. The zero-order valence-corrected chi connectivity index (χ0v) is 11.5. The fourth-order valence-corrected chi connectivity index (χ4v) is 1.93. The average molecular weight is 277 g/mol. The lowest BCUT2D eigenvalue weighted by Crippen LogP contribution is -2.37. The second kappa shape index (κ2) is 6.79. The van der Waals surface area contributed by atoms with Crippen LogP contribution in [0.25, 0.3) is 0 Å². The molecule has 108 valence electrons. The third-order valence-corrected chi connectivity index (χ3v) is 2.91. The third kappa shape index (κ3) is 3.40. The molecule has 0 aliphatic carbocycles. The first-order valence-corrected chi connectivity index (χ1v) is 6.77. The van der Waals surface area contributed by atoms with E-state index in [4.69, 9.17) is 4.74 Å². The maximum Gasteiger partial charge on any atom is 0.255 e. The number of hydrogen-bond donors (Lipinski definition) is 3. The van der Waals surface area contributed by atoms with Crippen molar-refractivity contribution < 1.29 is 14.3 Å². The fraction of sp³-hybridized carbons (Fsp3) is 0.429. The maximum absolute atomic E-state index is 12.1. The second-order valence-corrected chi connectivity index (χ2v) is 4.49. The van der Waals surface area contributed by atoms with Crippen molar-refractivity contribution in [3.8, 4) is 5.75 Å².